The molecular formula is C13H19NO2. The Morgan fingerprint density at radius 2 is 2.12 bits per heavy atom. The summed E-state index contributed by atoms with van der Waals surface area (Å²) in [6.45, 7) is 6.07. The fourth-order valence-electron chi connectivity index (χ4n) is 1.64. The molecule has 1 rings (SSSR count). The van der Waals surface area contributed by atoms with Crippen LogP contribution in [0, 0.1) is 0 Å². The molecule has 3 nitrogen and oxygen atoms in total. The maximum absolute atomic E-state index is 11.9. The number of nitrogens with two attached hydrogens (primary N) is 1. The van der Waals surface area contributed by atoms with Gasteiger partial charge in [0.2, 0.25) is 0 Å². The Labute approximate surface area is 96.6 Å². The average molecular weight is 221 g/mol. The van der Waals surface area contributed by atoms with E-state index in [2.05, 4.69) is 0 Å². The lowest BCUT2D eigenvalue weighted by Crippen LogP contribution is -2.33. The summed E-state index contributed by atoms with van der Waals surface area (Å²) < 4.78 is 5.11. The SMILES string of the molecule is CCOC(=O)C(C)(CC)c1cccc(N)c1. The number of hydrogen-bond donors (Lipinski definition) is 1. The summed E-state index contributed by atoms with van der Waals surface area (Å²) in [5.74, 6) is -0.192. The van der Waals surface area contributed by atoms with Crippen molar-refractivity contribution in [3.8, 4) is 0 Å². The Morgan fingerprint density at radius 3 is 2.62 bits per heavy atom. The van der Waals surface area contributed by atoms with Gasteiger partial charge < -0.3 is 10.5 Å². The van der Waals surface area contributed by atoms with Crippen molar-refractivity contribution in [2.75, 3.05) is 12.3 Å². The predicted molar refractivity (Wildman–Crippen MR) is 65.1 cm³/mol. The summed E-state index contributed by atoms with van der Waals surface area (Å²) in [5, 5.41) is 0. The van der Waals surface area contributed by atoms with Gasteiger partial charge in [-0.15, -0.1) is 0 Å². The van der Waals surface area contributed by atoms with Crippen LogP contribution >= 0.6 is 0 Å². The van der Waals surface area contributed by atoms with Crippen LogP contribution in [0.25, 0.3) is 0 Å². The molecule has 1 unspecified atom stereocenters. The molecule has 0 aliphatic carbocycles. The van der Waals surface area contributed by atoms with Crippen LogP contribution in [0.15, 0.2) is 24.3 Å². The third kappa shape index (κ3) is 2.35. The van der Waals surface area contributed by atoms with Gasteiger partial charge in [0.25, 0.3) is 0 Å². The lowest BCUT2D eigenvalue weighted by molar-refractivity contribution is -0.149. The molecule has 0 bridgehead atoms. The molecule has 0 spiro atoms. The largest absolute Gasteiger partial charge is 0.465 e. The first-order valence-electron chi connectivity index (χ1n) is 5.57. The van der Waals surface area contributed by atoms with Crippen LogP contribution in [0.3, 0.4) is 0 Å². The molecule has 2 N–H and O–H groups in total. The second kappa shape index (κ2) is 5.01. The van der Waals surface area contributed by atoms with E-state index < -0.39 is 5.41 Å². The normalized spacial score (nSPS) is 14.2. The minimum absolute atomic E-state index is 0.192. The molecule has 0 aliphatic heterocycles. The van der Waals surface area contributed by atoms with Crippen molar-refractivity contribution < 1.29 is 9.53 Å². The summed E-state index contributed by atoms with van der Waals surface area (Å²) in [6.07, 6.45) is 0.690. The van der Waals surface area contributed by atoms with Gasteiger partial charge >= 0.3 is 5.97 Å². The highest BCUT2D eigenvalue weighted by molar-refractivity contribution is 5.83. The van der Waals surface area contributed by atoms with Crippen molar-refractivity contribution >= 4 is 11.7 Å². The molecule has 88 valence electrons. The van der Waals surface area contributed by atoms with Crippen molar-refractivity contribution in [2.24, 2.45) is 0 Å². The van der Waals surface area contributed by atoms with E-state index in [1.807, 2.05) is 45.0 Å². The highest BCUT2D eigenvalue weighted by Gasteiger charge is 2.34. The molecule has 1 atom stereocenters. The monoisotopic (exact) mass is 221 g/mol. The number of hydrogen-bond acceptors (Lipinski definition) is 3. The van der Waals surface area contributed by atoms with E-state index in [1.54, 1.807) is 0 Å². The molecule has 16 heavy (non-hydrogen) atoms. The highest BCUT2D eigenvalue weighted by Crippen LogP contribution is 2.30. The van der Waals surface area contributed by atoms with Gasteiger partial charge in [-0.1, -0.05) is 19.1 Å². The second-order valence-electron chi connectivity index (χ2n) is 4.03. The first kappa shape index (κ1) is 12.6. The molecule has 0 aromatic heterocycles. The number of benzene rings is 1. The van der Waals surface area contributed by atoms with E-state index in [9.17, 15) is 4.79 Å². The van der Waals surface area contributed by atoms with Gasteiger partial charge in [0.1, 0.15) is 0 Å². The van der Waals surface area contributed by atoms with Crippen LogP contribution in [0.2, 0.25) is 0 Å². The Morgan fingerprint density at radius 1 is 1.44 bits per heavy atom. The smallest absolute Gasteiger partial charge is 0.316 e. The van der Waals surface area contributed by atoms with Crippen LogP contribution in [0.1, 0.15) is 32.8 Å². The maximum Gasteiger partial charge on any atom is 0.316 e. The molecule has 0 radical (unpaired) electrons. The van der Waals surface area contributed by atoms with Crippen molar-refractivity contribution in [2.45, 2.75) is 32.6 Å². The number of anilines is 1. The topological polar surface area (TPSA) is 52.3 Å². The second-order valence-corrected chi connectivity index (χ2v) is 4.03. The zero-order valence-electron chi connectivity index (χ0n) is 10.1. The molecule has 0 heterocycles. The molecule has 0 saturated heterocycles. The zero-order valence-corrected chi connectivity index (χ0v) is 10.1. The first-order chi connectivity index (χ1) is 7.54. The number of ether oxygens (including phenoxy) is 1. The summed E-state index contributed by atoms with van der Waals surface area (Å²) in [6, 6.07) is 7.42. The van der Waals surface area contributed by atoms with Gasteiger partial charge in [-0.25, -0.2) is 0 Å². The number of rotatable bonds is 4. The number of nitrogen functional groups attached to an aromatic ring is 1. The molecule has 0 fully saturated rings. The summed E-state index contributed by atoms with van der Waals surface area (Å²) >= 11 is 0. The molecule has 1 aromatic rings. The van der Waals surface area contributed by atoms with Crippen molar-refractivity contribution in [3.63, 3.8) is 0 Å². The Hall–Kier alpha value is -1.51. The standard InChI is InChI=1S/C13H19NO2/c1-4-13(3,12(15)16-5-2)10-7-6-8-11(14)9-10/h6-9H,4-5,14H2,1-3H3. The van der Waals surface area contributed by atoms with E-state index >= 15 is 0 Å². The average Bonchev–Trinajstić information content (AvgIpc) is 2.28. The van der Waals surface area contributed by atoms with E-state index in [0.717, 1.165) is 5.56 Å². The fraction of sp³-hybridized carbons (Fsp3) is 0.462. The molecule has 3 heteroatoms. The quantitative estimate of drug-likeness (QED) is 0.627. The predicted octanol–water partition coefficient (Wildman–Crippen LogP) is 2.50. The Balaban J connectivity index is 3.09. The first-order valence-corrected chi connectivity index (χ1v) is 5.57. The van der Waals surface area contributed by atoms with Gasteiger partial charge in [-0.05, 0) is 38.0 Å². The van der Waals surface area contributed by atoms with Crippen molar-refractivity contribution in [1.82, 2.24) is 0 Å². The van der Waals surface area contributed by atoms with Gasteiger partial charge in [0.05, 0.1) is 12.0 Å². The summed E-state index contributed by atoms with van der Waals surface area (Å²) in [7, 11) is 0. The highest BCUT2D eigenvalue weighted by atomic mass is 16.5. The Bertz CT molecular complexity index is 376. The van der Waals surface area contributed by atoms with Crippen LogP contribution in [-0.2, 0) is 14.9 Å². The lowest BCUT2D eigenvalue weighted by Gasteiger charge is -2.26. The minimum atomic E-state index is -0.606. The molecule has 0 amide bonds. The maximum atomic E-state index is 11.9. The van der Waals surface area contributed by atoms with E-state index in [4.69, 9.17) is 10.5 Å². The summed E-state index contributed by atoms with van der Waals surface area (Å²) in [5.41, 5.74) is 6.70. The van der Waals surface area contributed by atoms with Crippen LogP contribution in [0.4, 0.5) is 5.69 Å². The number of esters is 1. The van der Waals surface area contributed by atoms with E-state index in [1.165, 1.54) is 0 Å². The van der Waals surface area contributed by atoms with E-state index in [0.29, 0.717) is 18.7 Å². The Kier molecular flexibility index (Phi) is 3.93. The van der Waals surface area contributed by atoms with E-state index in [-0.39, 0.29) is 5.97 Å². The molecular weight excluding hydrogens is 202 g/mol. The van der Waals surface area contributed by atoms with Gasteiger partial charge in [-0.2, -0.15) is 0 Å². The van der Waals surface area contributed by atoms with Gasteiger partial charge in [0.15, 0.2) is 0 Å². The fourth-order valence-corrected chi connectivity index (χ4v) is 1.64. The van der Waals surface area contributed by atoms with Crippen molar-refractivity contribution in [1.29, 1.82) is 0 Å². The minimum Gasteiger partial charge on any atom is -0.465 e. The molecule has 0 saturated carbocycles. The van der Waals surface area contributed by atoms with Crippen molar-refractivity contribution in [3.05, 3.63) is 29.8 Å². The summed E-state index contributed by atoms with van der Waals surface area (Å²) in [4.78, 5) is 11.9. The van der Waals surface area contributed by atoms with Gasteiger partial charge in [0, 0.05) is 5.69 Å². The lowest BCUT2D eigenvalue weighted by atomic mass is 9.80. The third-order valence-corrected chi connectivity index (χ3v) is 2.96. The molecule has 0 aliphatic rings. The molecule has 1 aromatic carbocycles. The van der Waals surface area contributed by atoms with Crippen LogP contribution < -0.4 is 5.73 Å². The number of carbonyl (C=O) groups excluding carboxylic acids is 1. The third-order valence-electron chi connectivity index (χ3n) is 2.96. The number of carbonyl (C=O) groups is 1. The van der Waals surface area contributed by atoms with Gasteiger partial charge in [-0.3, -0.25) is 4.79 Å². The van der Waals surface area contributed by atoms with Crippen LogP contribution in [-0.4, -0.2) is 12.6 Å². The zero-order chi connectivity index (χ0) is 12.2. The van der Waals surface area contributed by atoms with Crippen LogP contribution in [0.5, 0.6) is 0 Å².